The van der Waals surface area contributed by atoms with Gasteiger partial charge in [0.05, 0.1) is 17.4 Å². The monoisotopic (exact) mass is 379 g/mol. The number of rotatable bonds is 7. The van der Waals surface area contributed by atoms with Crippen molar-refractivity contribution in [3.8, 4) is 6.07 Å². The number of nitrogens with one attached hydrogen (secondary N) is 2. The fourth-order valence-electron chi connectivity index (χ4n) is 2.05. The van der Waals surface area contributed by atoms with Crippen LogP contribution in [0.5, 0.6) is 0 Å². The molecule has 0 radical (unpaired) electrons. The van der Waals surface area contributed by atoms with Crippen molar-refractivity contribution in [3.63, 3.8) is 0 Å². The molecule has 2 aromatic carbocycles. The number of hydrogen-bond donors (Lipinski definition) is 2. The van der Waals surface area contributed by atoms with Crippen molar-refractivity contribution in [2.45, 2.75) is 17.7 Å². The molecular weight excluding hydrogens is 364 g/mol. The summed E-state index contributed by atoms with van der Waals surface area (Å²) < 4.78 is 52.1. The third-order valence-corrected chi connectivity index (χ3v) is 4.83. The van der Waals surface area contributed by atoms with E-state index in [-0.39, 0.29) is 19.4 Å². The van der Waals surface area contributed by atoms with Crippen molar-refractivity contribution in [1.82, 2.24) is 4.72 Å². The largest absolute Gasteiger partial charge is 0.326 e. The van der Waals surface area contributed by atoms with Crippen molar-refractivity contribution >= 4 is 21.6 Å². The molecule has 0 heterocycles. The average molecular weight is 379 g/mol. The van der Waals surface area contributed by atoms with Gasteiger partial charge in [0.25, 0.3) is 0 Å². The molecule has 2 N–H and O–H groups in total. The normalized spacial score (nSPS) is 11.0. The van der Waals surface area contributed by atoms with Gasteiger partial charge in [0.1, 0.15) is 0 Å². The first-order chi connectivity index (χ1) is 12.3. The SMILES string of the molecule is N#CCc1ccc(NC(=O)CCNS(=O)(=O)c2ccc(F)c(F)c2)cc1. The summed E-state index contributed by atoms with van der Waals surface area (Å²) in [5, 5.41) is 11.2. The van der Waals surface area contributed by atoms with Crippen LogP contribution in [-0.4, -0.2) is 20.9 Å². The van der Waals surface area contributed by atoms with Gasteiger partial charge < -0.3 is 5.32 Å². The molecule has 0 saturated heterocycles. The number of anilines is 1. The first-order valence-electron chi connectivity index (χ1n) is 7.52. The van der Waals surface area contributed by atoms with Crippen LogP contribution >= 0.6 is 0 Å². The summed E-state index contributed by atoms with van der Waals surface area (Å²) in [6, 6.07) is 10.9. The van der Waals surface area contributed by atoms with E-state index in [0.717, 1.165) is 11.6 Å². The minimum atomic E-state index is -4.05. The zero-order chi connectivity index (χ0) is 19.2. The van der Waals surface area contributed by atoms with Gasteiger partial charge in [-0.25, -0.2) is 21.9 Å². The number of benzene rings is 2. The Hall–Kier alpha value is -2.83. The lowest BCUT2D eigenvalue weighted by molar-refractivity contribution is -0.116. The molecule has 26 heavy (non-hydrogen) atoms. The van der Waals surface area contributed by atoms with Gasteiger partial charge in [-0.2, -0.15) is 5.26 Å². The van der Waals surface area contributed by atoms with Gasteiger partial charge in [0.2, 0.25) is 15.9 Å². The summed E-state index contributed by atoms with van der Waals surface area (Å²) in [6.07, 6.45) is 0.114. The Labute approximate surface area is 149 Å². The summed E-state index contributed by atoms with van der Waals surface area (Å²) in [4.78, 5) is 11.4. The highest BCUT2D eigenvalue weighted by Crippen LogP contribution is 2.14. The van der Waals surface area contributed by atoms with E-state index >= 15 is 0 Å². The molecule has 0 fully saturated rings. The number of halogens is 2. The lowest BCUT2D eigenvalue weighted by Gasteiger charge is -2.08. The zero-order valence-electron chi connectivity index (χ0n) is 13.5. The van der Waals surface area contributed by atoms with Crippen LogP contribution in [-0.2, 0) is 21.2 Å². The van der Waals surface area contributed by atoms with Gasteiger partial charge in [0, 0.05) is 18.7 Å². The van der Waals surface area contributed by atoms with Crippen LogP contribution in [0.25, 0.3) is 0 Å². The highest BCUT2D eigenvalue weighted by molar-refractivity contribution is 7.89. The zero-order valence-corrected chi connectivity index (χ0v) is 14.3. The summed E-state index contributed by atoms with van der Waals surface area (Å²) in [5.41, 5.74) is 1.32. The van der Waals surface area contributed by atoms with Gasteiger partial charge in [-0.1, -0.05) is 12.1 Å². The number of sulfonamides is 1. The smallest absolute Gasteiger partial charge is 0.240 e. The standard InChI is InChI=1S/C17H15F2N3O3S/c18-15-6-5-14(11-16(15)19)26(24,25)21-10-8-17(23)22-13-3-1-12(2-4-13)7-9-20/h1-6,11,21H,7-8,10H2,(H,22,23). The lowest BCUT2D eigenvalue weighted by atomic mass is 10.1. The molecular formula is C17H15F2N3O3S. The Morgan fingerprint density at radius 3 is 2.38 bits per heavy atom. The van der Waals surface area contributed by atoms with Crippen LogP contribution < -0.4 is 10.0 Å². The Morgan fingerprint density at radius 1 is 1.08 bits per heavy atom. The van der Waals surface area contributed by atoms with Crippen LogP contribution in [0.3, 0.4) is 0 Å². The van der Waals surface area contributed by atoms with E-state index in [1.54, 1.807) is 24.3 Å². The Kier molecular flexibility index (Phi) is 6.38. The van der Waals surface area contributed by atoms with E-state index < -0.39 is 32.5 Å². The third kappa shape index (κ3) is 5.34. The van der Waals surface area contributed by atoms with Crippen LogP contribution in [0.2, 0.25) is 0 Å². The van der Waals surface area contributed by atoms with Crippen LogP contribution in [0.1, 0.15) is 12.0 Å². The van der Waals surface area contributed by atoms with Crippen molar-refractivity contribution in [2.24, 2.45) is 0 Å². The van der Waals surface area contributed by atoms with E-state index in [1.807, 2.05) is 6.07 Å². The van der Waals surface area contributed by atoms with Crippen molar-refractivity contribution in [3.05, 3.63) is 59.7 Å². The van der Waals surface area contributed by atoms with E-state index in [2.05, 4.69) is 10.0 Å². The Morgan fingerprint density at radius 2 is 1.77 bits per heavy atom. The highest BCUT2D eigenvalue weighted by Gasteiger charge is 2.16. The molecule has 0 aromatic heterocycles. The van der Waals surface area contributed by atoms with Gasteiger partial charge in [-0.15, -0.1) is 0 Å². The van der Waals surface area contributed by atoms with Gasteiger partial charge in [-0.05, 0) is 35.9 Å². The first-order valence-corrected chi connectivity index (χ1v) is 9.00. The molecule has 0 unspecified atom stereocenters. The number of carbonyl (C=O) groups excluding carboxylic acids is 1. The summed E-state index contributed by atoms with van der Waals surface area (Å²) in [5.74, 6) is -2.85. The molecule has 2 aromatic rings. The van der Waals surface area contributed by atoms with Gasteiger partial charge >= 0.3 is 0 Å². The molecule has 6 nitrogen and oxygen atoms in total. The lowest BCUT2D eigenvalue weighted by Crippen LogP contribution is -2.28. The quantitative estimate of drug-likeness (QED) is 0.771. The molecule has 0 aliphatic carbocycles. The van der Waals surface area contributed by atoms with Crippen molar-refractivity contribution in [2.75, 3.05) is 11.9 Å². The minimum absolute atomic E-state index is 0.150. The van der Waals surface area contributed by atoms with Gasteiger partial charge in [-0.3, -0.25) is 4.79 Å². The van der Waals surface area contributed by atoms with Crippen LogP contribution in [0.4, 0.5) is 14.5 Å². The predicted molar refractivity (Wildman–Crippen MR) is 90.6 cm³/mol. The molecule has 0 aliphatic rings. The second-order valence-electron chi connectivity index (χ2n) is 5.30. The summed E-state index contributed by atoms with van der Waals surface area (Å²) in [6.45, 7) is -0.209. The van der Waals surface area contributed by atoms with Crippen LogP contribution in [0, 0.1) is 23.0 Å². The van der Waals surface area contributed by atoms with Crippen LogP contribution in [0.15, 0.2) is 47.4 Å². The van der Waals surface area contributed by atoms with Crippen molar-refractivity contribution < 1.29 is 22.0 Å². The second-order valence-corrected chi connectivity index (χ2v) is 7.07. The molecule has 0 atom stereocenters. The maximum atomic E-state index is 13.1. The number of nitriles is 1. The second kappa shape index (κ2) is 8.51. The third-order valence-electron chi connectivity index (χ3n) is 3.37. The molecule has 1 amide bonds. The number of hydrogen-bond acceptors (Lipinski definition) is 4. The van der Waals surface area contributed by atoms with E-state index in [4.69, 9.17) is 5.26 Å². The Bertz CT molecular complexity index is 939. The molecule has 9 heteroatoms. The minimum Gasteiger partial charge on any atom is -0.326 e. The molecule has 0 aliphatic heterocycles. The van der Waals surface area contributed by atoms with E-state index in [1.165, 1.54) is 0 Å². The molecule has 136 valence electrons. The number of carbonyl (C=O) groups is 1. The number of nitrogens with zero attached hydrogens (tertiary/aromatic N) is 1. The molecule has 0 bridgehead atoms. The van der Waals surface area contributed by atoms with E-state index in [9.17, 15) is 22.0 Å². The fraction of sp³-hybridized carbons (Fsp3) is 0.176. The molecule has 2 rings (SSSR count). The first kappa shape index (κ1) is 19.5. The average Bonchev–Trinajstić information content (AvgIpc) is 2.59. The van der Waals surface area contributed by atoms with Gasteiger partial charge in [0.15, 0.2) is 11.6 Å². The summed E-state index contributed by atoms with van der Waals surface area (Å²) in [7, 11) is -4.05. The Balaban J connectivity index is 1.87. The summed E-state index contributed by atoms with van der Waals surface area (Å²) >= 11 is 0. The predicted octanol–water partition coefficient (Wildman–Crippen LogP) is 2.34. The van der Waals surface area contributed by atoms with E-state index in [0.29, 0.717) is 17.8 Å². The topological polar surface area (TPSA) is 99.1 Å². The molecule has 0 saturated carbocycles. The fourth-order valence-corrected chi connectivity index (χ4v) is 3.09. The van der Waals surface area contributed by atoms with Crippen molar-refractivity contribution in [1.29, 1.82) is 5.26 Å². The maximum absolute atomic E-state index is 13.1. The maximum Gasteiger partial charge on any atom is 0.240 e. The number of amides is 1. The highest BCUT2D eigenvalue weighted by atomic mass is 32.2. The molecule has 0 spiro atoms.